The van der Waals surface area contributed by atoms with Crippen molar-refractivity contribution in [3.05, 3.63) is 60.3 Å². The number of aromatic nitrogens is 3. The van der Waals surface area contributed by atoms with Gasteiger partial charge in [-0.05, 0) is 68.8 Å². The minimum atomic E-state index is -0.00953. The van der Waals surface area contributed by atoms with Crippen LogP contribution >= 0.6 is 0 Å². The Morgan fingerprint density at radius 1 is 1.21 bits per heavy atom. The van der Waals surface area contributed by atoms with Gasteiger partial charge in [-0.3, -0.25) is 4.79 Å². The normalized spacial score (nSPS) is 14.8. The quantitative estimate of drug-likeness (QED) is 0.233. The third kappa shape index (κ3) is 8.17. The third-order valence-electron chi connectivity index (χ3n) is 7.30. The van der Waals surface area contributed by atoms with Crippen molar-refractivity contribution in [1.82, 2.24) is 19.9 Å². The SMILES string of the molecule is CC/C(=C\C=C/CNc1nc2cc(Oc3ccnc(NC(=O)CCC4CCNCC4)c3)ccc2n1C)C(C)C. The van der Waals surface area contributed by atoms with Gasteiger partial charge >= 0.3 is 0 Å². The third-order valence-corrected chi connectivity index (χ3v) is 7.30. The first kappa shape index (κ1) is 28.4. The second-order valence-corrected chi connectivity index (χ2v) is 10.5. The molecular formula is C31H42N6O2. The van der Waals surface area contributed by atoms with Crippen molar-refractivity contribution >= 4 is 28.7 Å². The highest BCUT2D eigenvalue weighted by molar-refractivity contribution is 5.89. The van der Waals surface area contributed by atoms with Crippen molar-refractivity contribution in [2.45, 2.75) is 52.9 Å². The minimum Gasteiger partial charge on any atom is -0.457 e. The maximum atomic E-state index is 12.5. The van der Waals surface area contributed by atoms with Gasteiger partial charge in [-0.1, -0.05) is 44.6 Å². The summed E-state index contributed by atoms with van der Waals surface area (Å²) in [5.41, 5.74) is 3.30. The molecule has 8 nitrogen and oxygen atoms in total. The van der Waals surface area contributed by atoms with Gasteiger partial charge < -0.3 is 25.3 Å². The highest BCUT2D eigenvalue weighted by Gasteiger charge is 2.15. The zero-order chi connectivity index (χ0) is 27.6. The molecule has 39 heavy (non-hydrogen) atoms. The maximum absolute atomic E-state index is 12.5. The first-order valence-corrected chi connectivity index (χ1v) is 14.1. The second kappa shape index (κ2) is 13.9. The summed E-state index contributed by atoms with van der Waals surface area (Å²) < 4.78 is 8.13. The Morgan fingerprint density at radius 2 is 2.00 bits per heavy atom. The largest absolute Gasteiger partial charge is 0.457 e. The second-order valence-electron chi connectivity index (χ2n) is 10.5. The lowest BCUT2D eigenvalue weighted by Crippen LogP contribution is -2.28. The fourth-order valence-corrected chi connectivity index (χ4v) is 4.92. The first-order chi connectivity index (χ1) is 18.9. The zero-order valence-electron chi connectivity index (χ0n) is 23.7. The van der Waals surface area contributed by atoms with Crippen LogP contribution in [0.4, 0.5) is 11.8 Å². The molecule has 8 heteroatoms. The van der Waals surface area contributed by atoms with Crippen LogP contribution in [0.2, 0.25) is 0 Å². The van der Waals surface area contributed by atoms with E-state index in [-0.39, 0.29) is 5.91 Å². The first-order valence-electron chi connectivity index (χ1n) is 14.1. The molecule has 0 unspecified atom stereocenters. The number of allylic oxidation sites excluding steroid dienone is 3. The van der Waals surface area contributed by atoms with E-state index in [1.54, 1.807) is 18.3 Å². The number of pyridine rings is 1. The van der Waals surface area contributed by atoms with Gasteiger partial charge in [0.25, 0.3) is 0 Å². The number of benzene rings is 1. The van der Waals surface area contributed by atoms with Gasteiger partial charge in [0.05, 0.1) is 11.0 Å². The predicted molar refractivity (Wildman–Crippen MR) is 159 cm³/mol. The fraction of sp³-hybridized carbons (Fsp3) is 0.452. The molecule has 0 atom stereocenters. The molecule has 0 saturated carbocycles. The number of amides is 1. The lowest BCUT2D eigenvalue weighted by Gasteiger charge is -2.22. The Hall–Kier alpha value is -3.65. The topological polar surface area (TPSA) is 93.1 Å². The smallest absolute Gasteiger partial charge is 0.225 e. The van der Waals surface area contributed by atoms with Gasteiger partial charge in [0.1, 0.15) is 17.3 Å². The van der Waals surface area contributed by atoms with Gasteiger partial charge in [0.15, 0.2) is 0 Å². The molecule has 1 aliphatic heterocycles. The lowest BCUT2D eigenvalue weighted by atomic mass is 9.93. The molecule has 1 aliphatic rings. The van der Waals surface area contributed by atoms with Crippen molar-refractivity contribution < 1.29 is 9.53 Å². The van der Waals surface area contributed by atoms with Gasteiger partial charge in [-0.25, -0.2) is 9.97 Å². The summed E-state index contributed by atoms with van der Waals surface area (Å²) in [6, 6.07) is 9.38. The number of ether oxygens (including phenoxy) is 1. The van der Waals surface area contributed by atoms with E-state index in [2.05, 4.69) is 59.9 Å². The van der Waals surface area contributed by atoms with Crippen molar-refractivity contribution in [1.29, 1.82) is 0 Å². The summed E-state index contributed by atoms with van der Waals surface area (Å²) in [5, 5.41) is 9.67. The molecule has 0 bridgehead atoms. The number of nitrogens with zero attached hydrogens (tertiary/aromatic N) is 3. The summed E-state index contributed by atoms with van der Waals surface area (Å²) >= 11 is 0. The monoisotopic (exact) mass is 530 g/mol. The van der Waals surface area contributed by atoms with Crippen LogP contribution in [0.1, 0.15) is 52.9 Å². The zero-order valence-corrected chi connectivity index (χ0v) is 23.7. The van der Waals surface area contributed by atoms with E-state index in [0.717, 1.165) is 55.8 Å². The average molecular weight is 531 g/mol. The Kier molecular flexibility index (Phi) is 10.1. The number of hydrogen-bond acceptors (Lipinski definition) is 6. The van der Waals surface area contributed by atoms with E-state index in [9.17, 15) is 4.79 Å². The van der Waals surface area contributed by atoms with Crippen LogP contribution in [0.3, 0.4) is 0 Å². The molecule has 3 heterocycles. The summed E-state index contributed by atoms with van der Waals surface area (Å²) in [6.45, 7) is 9.42. The number of carbonyl (C=O) groups is 1. The molecule has 3 N–H and O–H groups in total. The molecule has 1 saturated heterocycles. The number of carbonyl (C=O) groups excluding carboxylic acids is 1. The van der Waals surface area contributed by atoms with Crippen molar-refractivity contribution in [2.75, 3.05) is 30.3 Å². The molecule has 3 aromatic rings. The molecule has 0 radical (unpaired) electrons. The van der Waals surface area contributed by atoms with Crippen LogP contribution in [0, 0.1) is 11.8 Å². The number of rotatable bonds is 12. The molecule has 0 aliphatic carbocycles. The summed E-state index contributed by atoms with van der Waals surface area (Å²) in [6.07, 6.45) is 12.8. The van der Waals surface area contributed by atoms with Gasteiger partial charge in [-0.2, -0.15) is 0 Å². The Morgan fingerprint density at radius 3 is 2.77 bits per heavy atom. The average Bonchev–Trinajstić information content (AvgIpc) is 3.24. The van der Waals surface area contributed by atoms with Gasteiger partial charge in [0, 0.05) is 38.3 Å². The van der Waals surface area contributed by atoms with E-state index in [1.165, 1.54) is 5.57 Å². The van der Waals surface area contributed by atoms with Crippen LogP contribution in [0.15, 0.2) is 60.3 Å². The van der Waals surface area contributed by atoms with Crippen LogP contribution in [0.5, 0.6) is 11.5 Å². The molecule has 1 aromatic carbocycles. The molecule has 2 aromatic heterocycles. The number of anilines is 2. The number of hydrogen-bond donors (Lipinski definition) is 3. The lowest BCUT2D eigenvalue weighted by molar-refractivity contribution is -0.116. The van der Waals surface area contributed by atoms with Crippen LogP contribution in [-0.2, 0) is 11.8 Å². The van der Waals surface area contributed by atoms with E-state index < -0.39 is 0 Å². The molecule has 0 spiro atoms. The predicted octanol–water partition coefficient (Wildman–Crippen LogP) is 6.44. The number of aryl methyl sites for hydroxylation is 1. The number of fused-ring (bicyclic) bond motifs is 1. The highest BCUT2D eigenvalue weighted by Crippen LogP contribution is 2.28. The Labute approximate surface area is 232 Å². The summed E-state index contributed by atoms with van der Waals surface area (Å²) in [5.74, 6) is 3.75. The van der Waals surface area contributed by atoms with Crippen molar-refractivity contribution in [2.24, 2.45) is 18.9 Å². The Balaban J connectivity index is 1.34. The molecule has 4 rings (SSSR count). The van der Waals surface area contributed by atoms with Crippen LogP contribution < -0.4 is 20.7 Å². The summed E-state index contributed by atoms with van der Waals surface area (Å²) in [4.78, 5) is 21.5. The van der Waals surface area contributed by atoms with E-state index >= 15 is 0 Å². The van der Waals surface area contributed by atoms with Gasteiger partial charge in [0.2, 0.25) is 11.9 Å². The summed E-state index contributed by atoms with van der Waals surface area (Å²) in [7, 11) is 2.00. The minimum absolute atomic E-state index is 0.00953. The number of nitrogens with one attached hydrogen (secondary N) is 3. The molecular weight excluding hydrogens is 488 g/mol. The van der Waals surface area contributed by atoms with E-state index in [1.807, 2.05) is 29.8 Å². The standard InChI is InChI=1S/C31H42N6O2/c1-5-24(22(2)3)8-6-7-16-34-31-35-27-20-25(10-11-28(27)37(31)4)39-26-15-19-33-29(21-26)36-30(38)12-9-23-13-17-32-18-14-23/h6-8,10-11,15,19-23,32H,5,9,12-14,16-18H2,1-4H3,(H,34,35)(H,33,36,38)/b7-6-,24-8+. The van der Waals surface area contributed by atoms with Gasteiger partial charge in [-0.15, -0.1) is 0 Å². The molecule has 1 amide bonds. The number of imidazole rings is 1. The Bertz CT molecular complexity index is 1300. The molecule has 1 fully saturated rings. The van der Waals surface area contributed by atoms with Crippen LogP contribution in [0.25, 0.3) is 11.0 Å². The van der Waals surface area contributed by atoms with Crippen LogP contribution in [-0.4, -0.2) is 40.1 Å². The van der Waals surface area contributed by atoms with Crippen molar-refractivity contribution in [3.8, 4) is 11.5 Å². The highest BCUT2D eigenvalue weighted by atomic mass is 16.5. The maximum Gasteiger partial charge on any atom is 0.225 e. The fourth-order valence-electron chi connectivity index (χ4n) is 4.92. The molecule has 208 valence electrons. The number of piperidine rings is 1. The van der Waals surface area contributed by atoms with E-state index in [4.69, 9.17) is 9.72 Å². The van der Waals surface area contributed by atoms with Crippen molar-refractivity contribution in [3.63, 3.8) is 0 Å². The van der Waals surface area contributed by atoms with E-state index in [0.29, 0.717) is 42.1 Å².